The minimum absolute atomic E-state index is 0.102. The molecule has 0 bridgehead atoms. The first-order chi connectivity index (χ1) is 9.60. The SMILES string of the molecule is CCCNC(Cc1csc(C)n1)c1cc(Cl)ccc1F. The lowest BCUT2D eigenvalue weighted by Crippen LogP contribution is -2.25. The fraction of sp³-hybridized carbons (Fsp3) is 0.400. The van der Waals surface area contributed by atoms with Crippen LogP contribution in [0.15, 0.2) is 23.6 Å². The van der Waals surface area contributed by atoms with Gasteiger partial charge in [0.15, 0.2) is 0 Å². The molecule has 0 saturated carbocycles. The molecule has 1 atom stereocenters. The van der Waals surface area contributed by atoms with Crippen LogP contribution in [0.4, 0.5) is 4.39 Å². The number of hydrogen-bond acceptors (Lipinski definition) is 3. The van der Waals surface area contributed by atoms with Crippen LogP contribution in [-0.2, 0) is 6.42 Å². The summed E-state index contributed by atoms with van der Waals surface area (Å²) < 4.78 is 14.0. The molecular weight excluding hydrogens is 295 g/mol. The Balaban J connectivity index is 2.24. The maximum Gasteiger partial charge on any atom is 0.128 e. The number of thiazole rings is 1. The highest BCUT2D eigenvalue weighted by Gasteiger charge is 2.17. The number of halogens is 2. The molecule has 1 unspecified atom stereocenters. The van der Waals surface area contributed by atoms with Crippen LogP contribution < -0.4 is 5.32 Å². The van der Waals surface area contributed by atoms with E-state index in [1.54, 1.807) is 23.5 Å². The molecule has 0 aliphatic rings. The molecule has 0 aliphatic carbocycles. The molecule has 2 aromatic rings. The van der Waals surface area contributed by atoms with Gasteiger partial charge >= 0.3 is 0 Å². The Bertz CT molecular complexity index is 571. The molecule has 0 radical (unpaired) electrons. The summed E-state index contributed by atoms with van der Waals surface area (Å²) in [4.78, 5) is 4.46. The van der Waals surface area contributed by atoms with Crippen LogP contribution in [-0.4, -0.2) is 11.5 Å². The highest BCUT2D eigenvalue weighted by Crippen LogP contribution is 2.25. The van der Waals surface area contributed by atoms with Crippen molar-refractivity contribution in [1.29, 1.82) is 0 Å². The summed E-state index contributed by atoms with van der Waals surface area (Å²) in [5, 5.41) is 6.99. The molecule has 1 aromatic heterocycles. The molecule has 0 saturated heterocycles. The molecule has 5 heteroatoms. The van der Waals surface area contributed by atoms with Crippen LogP contribution in [0.3, 0.4) is 0 Å². The molecule has 1 heterocycles. The molecule has 1 aromatic carbocycles. The first-order valence-corrected chi connectivity index (χ1v) is 7.95. The lowest BCUT2D eigenvalue weighted by molar-refractivity contribution is 0.494. The van der Waals surface area contributed by atoms with Gasteiger partial charge in [0.1, 0.15) is 5.82 Å². The standard InChI is InChI=1S/C15H18ClFN2S/c1-3-6-18-15(8-12-9-20-10(2)19-12)13-7-11(16)4-5-14(13)17/h4-5,7,9,15,18H,3,6,8H2,1-2H3. The van der Waals surface area contributed by atoms with E-state index in [-0.39, 0.29) is 11.9 Å². The Morgan fingerprint density at radius 1 is 1.45 bits per heavy atom. The van der Waals surface area contributed by atoms with E-state index in [1.165, 1.54) is 6.07 Å². The lowest BCUT2D eigenvalue weighted by atomic mass is 10.0. The van der Waals surface area contributed by atoms with Crippen molar-refractivity contribution in [2.75, 3.05) is 6.54 Å². The van der Waals surface area contributed by atoms with Gasteiger partial charge in [-0.05, 0) is 38.1 Å². The highest BCUT2D eigenvalue weighted by atomic mass is 35.5. The number of aromatic nitrogens is 1. The van der Waals surface area contributed by atoms with Crippen molar-refractivity contribution in [3.05, 3.63) is 50.7 Å². The second-order valence-electron chi connectivity index (χ2n) is 4.73. The Morgan fingerprint density at radius 2 is 2.25 bits per heavy atom. The van der Waals surface area contributed by atoms with E-state index in [2.05, 4.69) is 17.2 Å². The molecule has 1 N–H and O–H groups in total. The monoisotopic (exact) mass is 312 g/mol. The first kappa shape index (κ1) is 15.4. The van der Waals surface area contributed by atoms with Gasteiger partial charge in [0, 0.05) is 28.4 Å². The summed E-state index contributed by atoms with van der Waals surface area (Å²) >= 11 is 7.61. The summed E-state index contributed by atoms with van der Waals surface area (Å²) in [6.45, 7) is 4.90. The largest absolute Gasteiger partial charge is 0.310 e. The van der Waals surface area contributed by atoms with Crippen molar-refractivity contribution in [2.24, 2.45) is 0 Å². The van der Waals surface area contributed by atoms with Crippen molar-refractivity contribution < 1.29 is 4.39 Å². The van der Waals surface area contributed by atoms with Gasteiger partial charge in [0.05, 0.1) is 10.7 Å². The minimum atomic E-state index is -0.227. The van der Waals surface area contributed by atoms with E-state index in [9.17, 15) is 4.39 Å². The van der Waals surface area contributed by atoms with Gasteiger partial charge in [-0.2, -0.15) is 0 Å². The minimum Gasteiger partial charge on any atom is -0.310 e. The number of benzene rings is 1. The molecule has 0 aliphatic heterocycles. The Labute approximate surface area is 128 Å². The normalized spacial score (nSPS) is 12.6. The Kier molecular flexibility index (Phi) is 5.52. The molecule has 20 heavy (non-hydrogen) atoms. The number of hydrogen-bond donors (Lipinski definition) is 1. The quantitative estimate of drug-likeness (QED) is 0.848. The van der Waals surface area contributed by atoms with Crippen LogP contribution in [0, 0.1) is 12.7 Å². The van der Waals surface area contributed by atoms with Crippen molar-refractivity contribution >= 4 is 22.9 Å². The van der Waals surface area contributed by atoms with Crippen LogP contribution in [0.2, 0.25) is 5.02 Å². The number of aryl methyl sites for hydroxylation is 1. The predicted octanol–water partition coefficient (Wildman–Crippen LogP) is 4.53. The summed E-state index contributed by atoms with van der Waals surface area (Å²) in [7, 11) is 0. The van der Waals surface area contributed by atoms with Gasteiger partial charge in [-0.25, -0.2) is 9.37 Å². The number of nitrogens with zero attached hydrogens (tertiary/aromatic N) is 1. The molecule has 0 amide bonds. The van der Waals surface area contributed by atoms with Crippen LogP contribution in [0.25, 0.3) is 0 Å². The van der Waals surface area contributed by atoms with Gasteiger partial charge < -0.3 is 5.32 Å². The van der Waals surface area contributed by atoms with Gasteiger partial charge in [-0.3, -0.25) is 0 Å². The Morgan fingerprint density at radius 3 is 2.90 bits per heavy atom. The van der Waals surface area contributed by atoms with E-state index in [0.29, 0.717) is 17.0 Å². The van der Waals surface area contributed by atoms with E-state index in [0.717, 1.165) is 23.7 Å². The van der Waals surface area contributed by atoms with E-state index in [4.69, 9.17) is 11.6 Å². The number of nitrogens with one attached hydrogen (secondary N) is 1. The number of rotatable bonds is 6. The smallest absolute Gasteiger partial charge is 0.128 e. The average Bonchev–Trinajstić information content (AvgIpc) is 2.83. The van der Waals surface area contributed by atoms with Crippen molar-refractivity contribution in [3.8, 4) is 0 Å². The van der Waals surface area contributed by atoms with Crippen LogP contribution >= 0.6 is 22.9 Å². The molecule has 108 valence electrons. The van der Waals surface area contributed by atoms with Gasteiger partial charge in [0.2, 0.25) is 0 Å². The highest BCUT2D eigenvalue weighted by molar-refractivity contribution is 7.09. The summed E-state index contributed by atoms with van der Waals surface area (Å²) in [6, 6.07) is 4.59. The van der Waals surface area contributed by atoms with E-state index < -0.39 is 0 Å². The van der Waals surface area contributed by atoms with E-state index >= 15 is 0 Å². The maximum absolute atomic E-state index is 14.0. The first-order valence-electron chi connectivity index (χ1n) is 6.69. The van der Waals surface area contributed by atoms with Crippen LogP contribution in [0.5, 0.6) is 0 Å². The maximum atomic E-state index is 14.0. The second-order valence-corrected chi connectivity index (χ2v) is 6.23. The van der Waals surface area contributed by atoms with Gasteiger partial charge in [0.25, 0.3) is 0 Å². The third-order valence-corrected chi connectivity index (χ3v) is 4.11. The molecule has 0 fully saturated rings. The molecule has 2 rings (SSSR count). The molecule has 2 nitrogen and oxygen atoms in total. The molecule has 0 spiro atoms. The van der Waals surface area contributed by atoms with Crippen molar-refractivity contribution in [1.82, 2.24) is 10.3 Å². The third kappa shape index (κ3) is 4.01. The fourth-order valence-electron chi connectivity index (χ4n) is 2.10. The topological polar surface area (TPSA) is 24.9 Å². The predicted molar refractivity (Wildman–Crippen MR) is 83.0 cm³/mol. The van der Waals surface area contributed by atoms with Crippen LogP contribution in [0.1, 0.15) is 35.7 Å². The average molecular weight is 313 g/mol. The van der Waals surface area contributed by atoms with Gasteiger partial charge in [-0.1, -0.05) is 18.5 Å². The summed E-state index contributed by atoms with van der Waals surface area (Å²) in [5.74, 6) is -0.227. The van der Waals surface area contributed by atoms with E-state index in [1.807, 2.05) is 12.3 Å². The van der Waals surface area contributed by atoms with Crippen molar-refractivity contribution in [3.63, 3.8) is 0 Å². The van der Waals surface area contributed by atoms with Gasteiger partial charge in [-0.15, -0.1) is 11.3 Å². The fourth-order valence-corrected chi connectivity index (χ4v) is 2.91. The van der Waals surface area contributed by atoms with Crippen molar-refractivity contribution in [2.45, 2.75) is 32.7 Å². The second kappa shape index (κ2) is 7.16. The summed E-state index contributed by atoms with van der Waals surface area (Å²) in [5.41, 5.74) is 1.59. The zero-order chi connectivity index (χ0) is 14.5. The Hall–Kier alpha value is -0.970. The zero-order valence-electron chi connectivity index (χ0n) is 11.6. The summed E-state index contributed by atoms with van der Waals surface area (Å²) in [6.07, 6.45) is 1.66. The lowest BCUT2D eigenvalue weighted by Gasteiger charge is -2.19. The zero-order valence-corrected chi connectivity index (χ0v) is 13.2. The molecular formula is C15H18ClFN2S. The third-order valence-electron chi connectivity index (χ3n) is 3.05.